The molecule has 134 valence electrons. The number of carbonyl (C=O) groups excluding carboxylic acids is 2. The third kappa shape index (κ3) is 3.06. The van der Waals surface area contributed by atoms with Crippen molar-refractivity contribution in [2.45, 2.75) is 44.8 Å². The van der Waals surface area contributed by atoms with E-state index < -0.39 is 0 Å². The Morgan fingerprint density at radius 1 is 0.958 bits per heavy atom. The van der Waals surface area contributed by atoms with Gasteiger partial charge in [-0.25, -0.2) is 0 Å². The van der Waals surface area contributed by atoms with Crippen LogP contribution < -0.4 is 0 Å². The maximum atomic E-state index is 12.6. The third-order valence-corrected chi connectivity index (χ3v) is 6.18. The van der Waals surface area contributed by atoms with Crippen LogP contribution in [0.4, 0.5) is 0 Å². The summed E-state index contributed by atoms with van der Waals surface area (Å²) in [6.07, 6.45) is 3.55. The fourth-order valence-electron chi connectivity index (χ4n) is 4.64. The van der Waals surface area contributed by atoms with E-state index in [2.05, 4.69) is 6.92 Å². The van der Waals surface area contributed by atoms with Gasteiger partial charge in [0.25, 0.3) is 5.91 Å². The Kier molecular flexibility index (Phi) is 4.52. The zero-order chi connectivity index (χ0) is 16.7. The molecule has 3 aliphatic heterocycles. The molecule has 3 heterocycles. The minimum absolute atomic E-state index is 0.0372. The van der Waals surface area contributed by atoms with Crippen LogP contribution in [0, 0.1) is 17.8 Å². The van der Waals surface area contributed by atoms with Gasteiger partial charge in [0.2, 0.25) is 5.91 Å². The van der Waals surface area contributed by atoms with Gasteiger partial charge in [-0.1, -0.05) is 6.92 Å². The predicted octanol–water partition coefficient (Wildman–Crippen LogP) is 0.897. The van der Waals surface area contributed by atoms with Crippen molar-refractivity contribution in [2.75, 3.05) is 39.4 Å². The van der Waals surface area contributed by atoms with Crippen molar-refractivity contribution in [3.8, 4) is 0 Å². The lowest BCUT2D eigenvalue weighted by molar-refractivity contribution is -0.150. The molecule has 1 saturated carbocycles. The van der Waals surface area contributed by atoms with Gasteiger partial charge >= 0.3 is 0 Å². The number of ether oxygens (including phenoxy) is 2. The molecule has 0 aromatic heterocycles. The monoisotopic (exact) mass is 336 g/mol. The highest BCUT2D eigenvalue weighted by atomic mass is 16.5. The molecule has 0 N–H and O–H groups in total. The number of carbonyl (C=O) groups is 2. The first kappa shape index (κ1) is 16.3. The molecule has 6 heteroatoms. The molecular weight excluding hydrogens is 308 g/mol. The molecule has 0 spiro atoms. The molecule has 4 rings (SSSR count). The second kappa shape index (κ2) is 6.64. The van der Waals surface area contributed by atoms with Crippen LogP contribution in [0.1, 0.15) is 32.6 Å². The van der Waals surface area contributed by atoms with Crippen LogP contribution in [0.5, 0.6) is 0 Å². The van der Waals surface area contributed by atoms with E-state index in [0.717, 1.165) is 32.2 Å². The third-order valence-electron chi connectivity index (χ3n) is 6.18. The number of morpholine rings is 1. The highest BCUT2D eigenvalue weighted by Crippen LogP contribution is 2.38. The summed E-state index contributed by atoms with van der Waals surface area (Å²) in [7, 11) is 0. The summed E-state index contributed by atoms with van der Waals surface area (Å²) in [6, 6.07) is 0. The number of nitrogens with zero attached hydrogens (tertiary/aromatic N) is 2. The van der Waals surface area contributed by atoms with Crippen LogP contribution >= 0.6 is 0 Å². The lowest BCUT2D eigenvalue weighted by Crippen LogP contribution is -2.49. The topological polar surface area (TPSA) is 59.1 Å². The van der Waals surface area contributed by atoms with Gasteiger partial charge in [-0.05, 0) is 37.5 Å². The predicted molar refractivity (Wildman–Crippen MR) is 87.3 cm³/mol. The number of piperidine rings is 1. The van der Waals surface area contributed by atoms with Crippen LogP contribution in [-0.2, 0) is 19.1 Å². The minimum Gasteiger partial charge on any atom is -0.378 e. The number of hydrogen-bond acceptors (Lipinski definition) is 4. The molecule has 24 heavy (non-hydrogen) atoms. The SMILES string of the molecule is CC1CC(C(=O)N2CC[C@H]3CC(C(=O)N4CCOCC4)O[C@H]3C2)C1. The molecular formula is C18H28N2O4. The van der Waals surface area contributed by atoms with Crippen LogP contribution in [0.2, 0.25) is 0 Å². The van der Waals surface area contributed by atoms with Crippen LogP contribution in [0.3, 0.4) is 0 Å². The van der Waals surface area contributed by atoms with Gasteiger partial charge in [-0.3, -0.25) is 9.59 Å². The fourth-order valence-corrected chi connectivity index (χ4v) is 4.64. The molecule has 0 radical (unpaired) electrons. The van der Waals surface area contributed by atoms with E-state index in [0.29, 0.717) is 50.6 Å². The molecule has 1 unspecified atom stereocenters. The summed E-state index contributed by atoms with van der Waals surface area (Å²) in [4.78, 5) is 29.0. The highest BCUT2D eigenvalue weighted by Gasteiger charge is 2.45. The van der Waals surface area contributed by atoms with E-state index >= 15 is 0 Å². The normalized spacial score (nSPS) is 39.3. The highest BCUT2D eigenvalue weighted by molar-refractivity contribution is 5.82. The molecule has 2 amide bonds. The largest absolute Gasteiger partial charge is 0.378 e. The molecule has 0 bridgehead atoms. The summed E-state index contributed by atoms with van der Waals surface area (Å²) >= 11 is 0. The van der Waals surface area contributed by atoms with Crippen LogP contribution in [0.25, 0.3) is 0 Å². The second-order valence-electron chi connectivity index (χ2n) is 7.94. The number of likely N-dealkylation sites (tertiary alicyclic amines) is 1. The molecule has 0 aromatic carbocycles. The van der Waals surface area contributed by atoms with Crippen molar-refractivity contribution in [1.29, 1.82) is 0 Å². The molecule has 3 saturated heterocycles. The summed E-state index contributed by atoms with van der Waals surface area (Å²) in [6.45, 7) is 6.27. The van der Waals surface area contributed by atoms with Crippen molar-refractivity contribution in [1.82, 2.24) is 9.80 Å². The van der Waals surface area contributed by atoms with Gasteiger partial charge < -0.3 is 19.3 Å². The van der Waals surface area contributed by atoms with Crippen LogP contribution in [-0.4, -0.2) is 73.2 Å². The molecule has 4 aliphatic rings. The average molecular weight is 336 g/mol. The van der Waals surface area contributed by atoms with Gasteiger partial charge in [0.05, 0.1) is 19.3 Å². The number of hydrogen-bond donors (Lipinski definition) is 0. The average Bonchev–Trinajstić information content (AvgIpc) is 3.01. The van der Waals surface area contributed by atoms with Gasteiger partial charge in [-0.2, -0.15) is 0 Å². The van der Waals surface area contributed by atoms with Gasteiger partial charge in [-0.15, -0.1) is 0 Å². The number of fused-ring (bicyclic) bond motifs is 1. The van der Waals surface area contributed by atoms with Gasteiger partial charge in [0, 0.05) is 32.1 Å². The number of rotatable bonds is 2. The van der Waals surface area contributed by atoms with E-state index in [1.54, 1.807) is 0 Å². The summed E-state index contributed by atoms with van der Waals surface area (Å²) < 4.78 is 11.4. The Morgan fingerprint density at radius 3 is 2.42 bits per heavy atom. The molecule has 0 aromatic rings. The Bertz CT molecular complexity index is 499. The zero-order valence-electron chi connectivity index (χ0n) is 14.5. The van der Waals surface area contributed by atoms with Crippen molar-refractivity contribution in [3.05, 3.63) is 0 Å². The van der Waals surface area contributed by atoms with Crippen molar-refractivity contribution < 1.29 is 19.1 Å². The smallest absolute Gasteiger partial charge is 0.251 e. The molecule has 4 fully saturated rings. The molecule has 6 nitrogen and oxygen atoms in total. The van der Waals surface area contributed by atoms with Gasteiger partial charge in [0.15, 0.2) is 0 Å². The van der Waals surface area contributed by atoms with E-state index in [1.807, 2.05) is 9.80 Å². The Balaban J connectivity index is 1.32. The fraction of sp³-hybridized carbons (Fsp3) is 0.889. The van der Waals surface area contributed by atoms with Crippen LogP contribution in [0.15, 0.2) is 0 Å². The summed E-state index contributed by atoms with van der Waals surface area (Å²) in [5.74, 6) is 1.75. The first-order valence-corrected chi connectivity index (χ1v) is 9.42. The van der Waals surface area contributed by atoms with Crippen molar-refractivity contribution in [3.63, 3.8) is 0 Å². The Labute approximate surface area is 143 Å². The van der Waals surface area contributed by atoms with Gasteiger partial charge in [0.1, 0.15) is 6.10 Å². The zero-order valence-corrected chi connectivity index (χ0v) is 14.5. The summed E-state index contributed by atoms with van der Waals surface area (Å²) in [5.41, 5.74) is 0. The minimum atomic E-state index is -0.322. The standard InChI is InChI=1S/C18H28N2O4/c1-12-8-14(9-12)17(21)20-3-2-13-10-15(24-16(13)11-20)18(22)19-4-6-23-7-5-19/h12-16H,2-11H2,1H3/t12?,13-,14?,15?,16-/m0/s1. The Morgan fingerprint density at radius 2 is 1.71 bits per heavy atom. The maximum absolute atomic E-state index is 12.6. The molecule has 1 aliphatic carbocycles. The number of amides is 2. The van der Waals surface area contributed by atoms with Crippen molar-refractivity contribution in [2.24, 2.45) is 17.8 Å². The van der Waals surface area contributed by atoms with E-state index in [9.17, 15) is 9.59 Å². The first-order valence-electron chi connectivity index (χ1n) is 9.42. The van der Waals surface area contributed by atoms with E-state index in [1.165, 1.54) is 0 Å². The van der Waals surface area contributed by atoms with E-state index in [-0.39, 0.29) is 24.0 Å². The quantitative estimate of drug-likeness (QED) is 0.752. The van der Waals surface area contributed by atoms with Crippen molar-refractivity contribution >= 4 is 11.8 Å². The Hall–Kier alpha value is -1.14. The van der Waals surface area contributed by atoms with E-state index in [4.69, 9.17) is 9.47 Å². The second-order valence-corrected chi connectivity index (χ2v) is 7.94. The molecule has 3 atom stereocenters. The lowest BCUT2D eigenvalue weighted by Gasteiger charge is -2.40. The maximum Gasteiger partial charge on any atom is 0.251 e. The lowest BCUT2D eigenvalue weighted by atomic mass is 9.75. The first-order chi connectivity index (χ1) is 11.6. The summed E-state index contributed by atoms with van der Waals surface area (Å²) in [5, 5.41) is 0.